The van der Waals surface area contributed by atoms with Crippen molar-refractivity contribution < 1.29 is 9.53 Å². The zero-order chi connectivity index (χ0) is 15.8. The molecule has 2 rings (SSSR count). The van der Waals surface area contributed by atoms with Gasteiger partial charge in [0.05, 0.1) is 6.10 Å². The van der Waals surface area contributed by atoms with Crippen LogP contribution in [-0.2, 0) is 9.53 Å². The molecule has 1 amide bonds. The van der Waals surface area contributed by atoms with Gasteiger partial charge in [0.25, 0.3) is 5.91 Å². The molecular formula is C17H21N3O2. The lowest BCUT2D eigenvalue weighted by atomic mass is 10.1. The summed E-state index contributed by atoms with van der Waals surface area (Å²) in [7, 11) is 0. The van der Waals surface area contributed by atoms with Crippen LogP contribution in [0.15, 0.2) is 42.1 Å². The van der Waals surface area contributed by atoms with Gasteiger partial charge >= 0.3 is 0 Å². The van der Waals surface area contributed by atoms with Gasteiger partial charge in [-0.2, -0.15) is 5.26 Å². The highest BCUT2D eigenvalue weighted by molar-refractivity contribution is 5.97. The maximum atomic E-state index is 12.0. The maximum absolute atomic E-state index is 12.0. The molecule has 1 heterocycles. The topological polar surface area (TPSA) is 74.2 Å². The molecule has 0 saturated carbocycles. The van der Waals surface area contributed by atoms with Gasteiger partial charge in [0, 0.05) is 25.4 Å². The van der Waals surface area contributed by atoms with E-state index in [-0.39, 0.29) is 23.6 Å². The number of hydrogen-bond donors (Lipinski definition) is 2. The Labute approximate surface area is 131 Å². The number of nitrogens with one attached hydrogen (secondary N) is 2. The van der Waals surface area contributed by atoms with E-state index in [1.807, 2.05) is 43.3 Å². The molecule has 1 fully saturated rings. The third kappa shape index (κ3) is 4.61. The Morgan fingerprint density at radius 3 is 2.91 bits per heavy atom. The lowest BCUT2D eigenvalue weighted by Crippen LogP contribution is -2.33. The lowest BCUT2D eigenvalue weighted by Gasteiger charge is -2.13. The number of hydrogen-bond acceptors (Lipinski definition) is 4. The Balaban J connectivity index is 1.86. The van der Waals surface area contributed by atoms with Gasteiger partial charge in [0.2, 0.25) is 0 Å². The monoisotopic (exact) mass is 299 g/mol. The number of nitriles is 1. The van der Waals surface area contributed by atoms with Crippen LogP contribution in [0.3, 0.4) is 0 Å². The first-order valence-electron chi connectivity index (χ1n) is 7.51. The molecule has 5 nitrogen and oxygen atoms in total. The Bertz CT molecular complexity index is 557. The highest BCUT2D eigenvalue weighted by Gasteiger charge is 2.17. The molecule has 1 aromatic rings. The molecular weight excluding hydrogens is 278 g/mol. The second-order valence-corrected chi connectivity index (χ2v) is 5.31. The predicted molar refractivity (Wildman–Crippen MR) is 83.7 cm³/mol. The van der Waals surface area contributed by atoms with E-state index in [9.17, 15) is 4.79 Å². The second kappa shape index (κ2) is 8.20. The van der Waals surface area contributed by atoms with Gasteiger partial charge in [-0.3, -0.25) is 4.79 Å². The lowest BCUT2D eigenvalue weighted by molar-refractivity contribution is -0.117. The first-order chi connectivity index (χ1) is 10.7. The van der Waals surface area contributed by atoms with Gasteiger partial charge < -0.3 is 15.4 Å². The van der Waals surface area contributed by atoms with Crippen LogP contribution in [0.2, 0.25) is 0 Å². The predicted octanol–water partition coefficient (Wildman–Crippen LogP) is 2.04. The molecule has 2 unspecified atom stereocenters. The minimum Gasteiger partial charge on any atom is -0.383 e. The standard InChI is InChI=1S/C17H21N3O2/c1-13(14-6-3-2-4-7-14)19-11-15(10-18)17(21)20-12-16-8-5-9-22-16/h2-4,6-7,11,13,16,19H,5,8-9,12H2,1H3,(H,20,21)/b15-11-. The minimum atomic E-state index is -0.370. The summed E-state index contributed by atoms with van der Waals surface area (Å²) in [5.74, 6) is -0.370. The van der Waals surface area contributed by atoms with Crippen molar-refractivity contribution in [2.24, 2.45) is 0 Å². The fraction of sp³-hybridized carbons (Fsp3) is 0.412. The van der Waals surface area contributed by atoms with E-state index in [1.54, 1.807) is 0 Å². The van der Waals surface area contributed by atoms with Gasteiger partial charge in [-0.15, -0.1) is 0 Å². The number of amides is 1. The van der Waals surface area contributed by atoms with Crippen molar-refractivity contribution in [1.82, 2.24) is 10.6 Å². The van der Waals surface area contributed by atoms with Crippen LogP contribution in [0.25, 0.3) is 0 Å². The van der Waals surface area contributed by atoms with Crippen molar-refractivity contribution in [1.29, 1.82) is 5.26 Å². The van der Waals surface area contributed by atoms with Crippen LogP contribution >= 0.6 is 0 Å². The zero-order valence-corrected chi connectivity index (χ0v) is 12.7. The van der Waals surface area contributed by atoms with Gasteiger partial charge in [-0.25, -0.2) is 0 Å². The van der Waals surface area contributed by atoms with E-state index >= 15 is 0 Å². The van der Waals surface area contributed by atoms with E-state index in [4.69, 9.17) is 10.00 Å². The molecule has 1 aliphatic rings. The van der Waals surface area contributed by atoms with Gasteiger partial charge in [0.15, 0.2) is 0 Å². The molecule has 0 bridgehead atoms. The molecule has 0 aliphatic carbocycles. The van der Waals surface area contributed by atoms with E-state index in [0.29, 0.717) is 6.54 Å². The average molecular weight is 299 g/mol. The number of carbonyl (C=O) groups excluding carboxylic acids is 1. The van der Waals surface area contributed by atoms with Crippen LogP contribution in [-0.4, -0.2) is 25.2 Å². The summed E-state index contributed by atoms with van der Waals surface area (Å²) in [6, 6.07) is 11.8. The molecule has 1 aromatic carbocycles. The fourth-order valence-corrected chi connectivity index (χ4v) is 2.30. The quantitative estimate of drug-likeness (QED) is 0.623. The fourth-order valence-electron chi connectivity index (χ4n) is 2.30. The summed E-state index contributed by atoms with van der Waals surface area (Å²) in [6.45, 7) is 3.18. The SMILES string of the molecule is CC(N/C=C(/C#N)C(=O)NCC1CCCO1)c1ccccc1. The smallest absolute Gasteiger partial charge is 0.263 e. The highest BCUT2D eigenvalue weighted by atomic mass is 16.5. The van der Waals surface area contributed by atoms with Crippen LogP contribution in [0.5, 0.6) is 0 Å². The van der Waals surface area contributed by atoms with Crippen molar-refractivity contribution in [3.05, 3.63) is 47.7 Å². The second-order valence-electron chi connectivity index (χ2n) is 5.31. The van der Waals surface area contributed by atoms with Gasteiger partial charge in [-0.05, 0) is 25.3 Å². The van der Waals surface area contributed by atoms with E-state index in [1.165, 1.54) is 6.20 Å². The van der Waals surface area contributed by atoms with Crippen molar-refractivity contribution in [3.63, 3.8) is 0 Å². The highest BCUT2D eigenvalue weighted by Crippen LogP contribution is 2.12. The molecule has 0 radical (unpaired) electrons. The Morgan fingerprint density at radius 1 is 1.50 bits per heavy atom. The number of benzene rings is 1. The van der Waals surface area contributed by atoms with E-state index < -0.39 is 0 Å². The van der Waals surface area contributed by atoms with E-state index in [0.717, 1.165) is 25.0 Å². The molecule has 5 heteroatoms. The molecule has 0 spiro atoms. The van der Waals surface area contributed by atoms with Crippen LogP contribution in [0.1, 0.15) is 31.4 Å². The molecule has 2 N–H and O–H groups in total. The Hall–Kier alpha value is -2.32. The Kier molecular flexibility index (Phi) is 5.99. The Morgan fingerprint density at radius 2 is 2.27 bits per heavy atom. The third-order valence-electron chi connectivity index (χ3n) is 3.66. The summed E-state index contributed by atoms with van der Waals surface area (Å²) in [4.78, 5) is 12.0. The maximum Gasteiger partial charge on any atom is 0.263 e. The van der Waals surface area contributed by atoms with Crippen molar-refractivity contribution in [2.45, 2.75) is 31.9 Å². The summed E-state index contributed by atoms with van der Waals surface area (Å²) in [5, 5.41) is 14.9. The number of ether oxygens (including phenoxy) is 1. The largest absolute Gasteiger partial charge is 0.383 e. The molecule has 1 saturated heterocycles. The van der Waals surface area contributed by atoms with Crippen molar-refractivity contribution in [2.75, 3.05) is 13.2 Å². The minimum absolute atomic E-state index is 0.0236. The van der Waals surface area contributed by atoms with E-state index in [2.05, 4.69) is 10.6 Å². The first-order valence-corrected chi connectivity index (χ1v) is 7.51. The van der Waals surface area contributed by atoms with Crippen LogP contribution in [0, 0.1) is 11.3 Å². The average Bonchev–Trinajstić information content (AvgIpc) is 3.07. The number of rotatable bonds is 6. The molecule has 1 aliphatic heterocycles. The third-order valence-corrected chi connectivity index (χ3v) is 3.66. The summed E-state index contributed by atoms with van der Waals surface area (Å²) in [6.07, 6.45) is 3.52. The molecule has 116 valence electrons. The zero-order valence-electron chi connectivity index (χ0n) is 12.7. The summed E-state index contributed by atoms with van der Waals surface area (Å²) < 4.78 is 5.44. The number of carbonyl (C=O) groups is 1. The van der Waals surface area contributed by atoms with Crippen molar-refractivity contribution in [3.8, 4) is 6.07 Å². The molecule has 22 heavy (non-hydrogen) atoms. The molecule has 0 aromatic heterocycles. The van der Waals surface area contributed by atoms with Gasteiger partial charge in [0.1, 0.15) is 11.6 Å². The first kappa shape index (κ1) is 16.1. The van der Waals surface area contributed by atoms with Crippen LogP contribution < -0.4 is 10.6 Å². The van der Waals surface area contributed by atoms with Crippen molar-refractivity contribution >= 4 is 5.91 Å². The van der Waals surface area contributed by atoms with Crippen LogP contribution in [0.4, 0.5) is 0 Å². The number of nitrogens with zero attached hydrogens (tertiary/aromatic N) is 1. The summed E-state index contributed by atoms with van der Waals surface area (Å²) in [5.41, 5.74) is 1.16. The normalized spacial score (nSPS) is 19.3. The summed E-state index contributed by atoms with van der Waals surface area (Å²) >= 11 is 0. The van der Waals surface area contributed by atoms with Gasteiger partial charge in [-0.1, -0.05) is 30.3 Å². The molecule has 2 atom stereocenters.